The molecule has 2 amide bonds. The highest BCUT2D eigenvalue weighted by atomic mass is 79.9. The number of carbonyl (C=O) groups excluding carboxylic acids is 2. The number of thiophene rings is 1. The molecule has 0 N–H and O–H groups in total. The number of hydrogen-bond acceptors (Lipinski definition) is 5. The van der Waals surface area contributed by atoms with Gasteiger partial charge in [-0.2, -0.15) is 0 Å². The van der Waals surface area contributed by atoms with Crippen molar-refractivity contribution < 1.29 is 14.0 Å². The summed E-state index contributed by atoms with van der Waals surface area (Å²) < 4.78 is 14.2. The average molecular weight is 482 g/mol. The quantitative estimate of drug-likeness (QED) is 0.511. The van der Waals surface area contributed by atoms with E-state index in [1.165, 1.54) is 44.6 Å². The number of hydrogen-bond donors (Lipinski definition) is 0. The molecule has 0 fully saturated rings. The van der Waals surface area contributed by atoms with Crippen LogP contribution in [0.25, 0.3) is 0 Å². The van der Waals surface area contributed by atoms with Crippen LogP contribution < -0.4 is 4.90 Å². The summed E-state index contributed by atoms with van der Waals surface area (Å²) in [4.78, 5) is 33.4. The molecule has 0 unspecified atom stereocenters. The lowest BCUT2D eigenvalue weighted by atomic mass is 10.2. The number of amides is 2. The number of anilines is 1. The molecule has 0 radical (unpaired) electrons. The Labute approximate surface area is 178 Å². The average Bonchev–Trinajstić information content (AvgIpc) is 3.28. The molecule has 0 spiro atoms. The minimum Gasteiger partial charge on any atom is -0.332 e. The first kappa shape index (κ1) is 20.6. The molecule has 0 saturated carbocycles. The molecule has 1 aromatic carbocycles. The van der Waals surface area contributed by atoms with Gasteiger partial charge >= 0.3 is 0 Å². The first-order valence-electron chi connectivity index (χ1n) is 8.31. The maximum atomic E-state index is 13.3. The van der Waals surface area contributed by atoms with Gasteiger partial charge in [-0.15, -0.1) is 22.7 Å². The molecule has 3 aromatic rings. The van der Waals surface area contributed by atoms with Crippen molar-refractivity contribution >= 4 is 56.1 Å². The molecular weight excluding hydrogens is 465 g/mol. The molecule has 0 aliphatic heterocycles. The third-order valence-electron chi connectivity index (χ3n) is 3.93. The van der Waals surface area contributed by atoms with Crippen LogP contribution in [0.15, 0.2) is 45.6 Å². The summed E-state index contributed by atoms with van der Waals surface area (Å²) in [5.74, 6) is -0.882. The van der Waals surface area contributed by atoms with Crippen molar-refractivity contribution in [1.29, 1.82) is 0 Å². The van der Waals surface area contributed by atoms with Crippen LogP contribution in [0.3, 0.4) is 0 Å². The number of aromatic nitrogens is 1. The summed E-state index contributed by atoms with van der Waals surface area (Å²) in [5, 5.41) is 2.79. The molecule has 28 heavy (non-hydrogen) atoms. The first-order chi connectivity index (χ1) is 13.3. The fourth-order valence-electron chi connectivity index (χ4n) is 2.56. The third-order valence-corrected chi connectivity index (χ3v) is 6.36. The van der Waals surface area contributed by atoms with Gasteiger partial charge in [0.2, 0.25) is 5.91 Å². The van der Waals surface area contributed by atoms with Crippen molar-refractivity contribution in [1.82, 2.24) is 9.88 Å². The summed E-state index contributed by atoms with van der Waals surface area (Å²) >= 11 is 6.15. The summed E-state index contributed by atoms with van der Waals surface area (Å²) in [6.07, 6.45) is 0. The van der Waals surface area contributed by atoms with E-state index < -0.39 is 0 Å². The standard InChI is InChI=1S/C19H17BrFN3O2S2/c1-12-22-14(11-27-12)9-24(15-5-3-13(21)4-6-15)18(25)10-23(2)19(26)16-7-8-17(20)28-16/h3-8,11H,9-10H2,1-2H3. The Morgan fingerprint density at radius 1 is 1.18 bits per heavy atom. The maximum Gasteiger partial charge on any atom is 0.264 e. The van der Waals surface area contributed by atoms with Crippen LogP contribution in [-0.4, -0.2) is 35.3 Å². The minimum absolute atomic E-state index is 0.102. The third kappa shape index (κ3) is 5.03. The van der Waals surface area contributed by atoms with Crippen LogP contribution in [0.4, 0.5) is 10.1 Å². The second-order valence-electron chi connectivity index (χ2n) is 6.08. The van der Waals surface area contributed by atoms with Crippen molar-refractivity contribution in [3.63, 3.8) is 0 Å². The van der Waals surface area contributed by atoms with E-state index in [1.54, 1.807) is 31.3 Å². The molecule has 2 aromatic heterocycles. The van der Waals surface area contributed by atoms with Gasteiger partial charge in [0.25, 0.3) is 5.91 Å². The van der Waals surface area contributed by atoms with Crippen molar-refractivity contribution in [3.8, 4) is 0 Å². The number of aryl methyl sites for hydroxylation is 1. The zero-order chi connectivity index (χ0) is 20.3. The fraction of sp³-hybridized carbons (Fsp3) is 0.211. The van der Waals surface area contributed by atoms with E-state index in [1.807, 2.05) is 12.3 Å². The smallest absolute Gasteiger partial charge is 0.264 e. The number of thiazole rings is 1. The van der Waals surface area contributed by atoms with E-state index in [-0.39, 0.29) is 30.7 Å². The Balaban J connectivity index is 1.79. The molecular formula is C19H17BrFN3O2S2. The van der Waals surface area contributed by atoms with Gasteiger partial charge in [-0.25, -0.2) is 9.37 Å². The molecule has 0 atom stereocenters. The van der Waals surface area contributed by atoms with Gasteiger partial charge in [0.15, 0.2) is 0 Å². The Bertz CT molecular complexity index is 987. The zero-order valence-corrected chi connectivity index (χ0v) is 18.4. The number of carbonyl (C=O) groups is 2. The number of rotatable bonds is 6. The second-order valence-corrected chi connectivity index (χ2v) is 9.60. The number of benzene rings is 1. The maximum absolute atomic E-state index is 13.3. The van der Waals surface area contributed by atoms with Crippen molar-refractivity contribution in [2.24, 2.45) is 0 Å². The predicted octanol–water partition coefficient (Wildman–Crippen LogP) is 4.72. The van der Waals surface area contributed by atoms with Gasteiger partial charge in [-0.1, -0.05) is 0 Å². The first-order valence-corrected chi connectivity index (χ1v) is 10.8. The van der Waals surface area contributed by atoms with E-state index in [0.29, 0.717) is 10.6 Å². The van der Waals surface area contributed by atoms with Gasteiger partial charge in [0.1, 0.15) is 12.4 Å². The van der Waals surface area contributed by atoms with E-state index in [0.717, 1.165) is 14.5 Å². The minimum atomic E-state index is -0.379. The van der Waals surface area contributed by atoms with Crippen LogP contribution >= 0.6 is 38.6 Å². The lowest BCUT2D eigenvalue weighted by molar-refractivity contribution is -0.119. The fourth-order valence-corrected chi connectivity index (χ4v) is 4.55. The summed E-state index contributed by atoms with van der Waals surface area (Å²) in [5.41, 5.74) is 1.30. The summed E-state index contributed by atoms with van der Waals surface area (Å²) in [7, 11) is 1.59. The molecule has 5 nitrogen and oxygen atoms in total. The summed E-state index contributed by atoms with van der Waals surface area (Å²) in [6, 6.07) is 9.21. The van der Waals surface area contributed by atoms with Gasteiger partial charge in [-0.3, -0.25) is 9.59 Å². The van der Waals surface area contributed by atoms with Gasteiger partial charge < -0.3 is 9.80 Å². The van der Waals surface area contributed by atoms with E-state index in [9.17, 15) is 14.0 Å². The van der Waals surface area contributed by atoms with Crippen LogP contribution in [0.2, 0.25) is 0 Å². The van der Waals surface area contributed by atoms with Crippen molar-refractivity contribution in [2.45, 2.75) is 13.5 Å². The predicted molar refractivity (Wildman–Crippen MR) is 113 cm³/mol. The molecule has 0 aliphatic carbocycles. The zero-order valence-electron chi connectivity index (χ0n) is 15.2. The normalized spacial score (nSPS) is 10.7. The monoisotopic (exact) mass is 481 g/mol. The molecule has 9 heteroatoms. The number of likely N-dealkylation sites (N-methyl/N-ethyl adjacent to an activating group) is 1. The van der Waals surface area contributed by atoms with Crippen molar-refractivity contribution in [2.75, 3.05) is 18.5 Å². The molecule has 0 bridgehead atoms. The topological polar surface area (TPSA) is 53.5 Å². The molecule has 3 rings (SSSR count). The van der Waals surface area contributed by atoms with Crippen molar-refractivity contribution in [3.05, 3.63) is 67.0 Å². The van der Waals surface area contributed by atoms with Gasteiger partial charge in [0, 0.05) is 18.1 Å². The van der Waals surface area contributed by atoms with Crippen LogP contribution in [0, 0.1) is 12.7 Å². The number of halogens is 2. The van der Waals surface area contributed by atoms with Crippen LogP contribution in [0.1, 0.15) is 20.4 Å². The highest BCUT2D eigenvalue weighted by Gasteiger charge is 2.22. The Kier molecular flexibility index (Phi) is 6.58. The lowest BCUT2D eigenvalue weighted by Gasteiger charge is -2.25. The molecule has 0 saturated heterocycles. The molecule has 146 valence electrons. The summed E-state index contributed by atoms with van der Waals surface area (Å²) in [6.45, 7) is 2.04. The Morgan fingerprint density at radius 2 is 1.89 bits per heavy atom. The van der Waals surface area contributed by atoms with Gasteiger partial charge in [0.05, 0.1) is 25.9 Å². The molecule has 2 heterocycles. The largest absolute Gasteiger partial charge is 0.332 e. The highest BCUT2D eigenvalue weighted by Crippen LogP contribution is 2.24. The molecule has 0 aliphatic rings. The lowest BCUT2D eigenvalue weighted by Crippen LogP contribution is -2.41. The van der Waals surface area contributed by atoms with E-state index >= 15 is 0 Å². The second kappa shape index (κ2) is 8.93. The highest BCUT2D eigenvalue weighted by molar-refractivity contribution is 9.11. The van der Waals surface area contributed by atoms with Gasteiger partial charge in [-0.05, 0) is 59.3 Å². The Morgan fingerprint density at radius 3 is 2.46 bits per heavy atom. The number of nitrogens with zero attached hydrogens (tertiary/aromatic N) is 3. The van der Waals surface area contributed by atoms with Crippen LogP contribution in [-0.2, 0) is 11.3 Å². The SMILES string of the molecule is Cc1nc(CN(C(=O)CN(C)C(=O)c2ccc(Br)s2)c2ccc(F)cc2)cs1. The Hall–Kier alpha value is -2.10. The van der Waals surface area contributed by atoms with E-state index in [4.69, 9.17) is 0 Å². The van der Waals surface area contributed by atoms with E-state index in [2.05, 4.69) is 20.9 Å². The van der Waals surface area contributed by atoms with Crippen LogP contribution in [0.5, 0.6) is 0 Å².